The third kappa shape index (κ3) is 6.40. The van der Waals surface area contributed by atoms with Gasteiger partial charge in [-0.1, -0.05) is 36.9 Å². The molecule has 10 heteroatoms. The molecule has 2 amide bonds. The predicted molar refractivity (Wildman–Crippen MR) is 143 cm³/mol. The number of hydrogen-bond donors (Lipinski definition) is 3. The lowest BCUT2D eigenvalue weighted by atomic mass is 9.87. The van der Waals surface area contributed by atoms with Gasteiger partial charge in [-0.25, -0.2) is 13.8 Å². The van der Waals surface area contributed by atoms with Gasteiger partial charge in [0.25, 0.3) is 5.91 Å². The van der Waals surface area contributed by atoms with E-state index >= 15 is 0 Å². The summed E-state index contributed by atoms with van der Waals surface area (Å²) >= 11 is 0. The van der Waals surface area contributed by atoms with Crippen molar-refractivity contribution in [3.8, 4) is 0 Å². The van der Waals surface area contributed by atoms with Crippen LogP contribution < -0.4 is 16.0 Å². The fraction of sp³-hybridized carbons (Fsp3) is 0.345. The van der Waals surface area contributed by atoms with Gasteiger partial charge >= 0.3 is 0 Å². The molecule has 0 bridgehead atoms. The molecule has 2 aliphatic rings. The van der Waals surface area contributed by atoms with Crippen LogP contribution in [-0.2, 0) is 27.2 Å². The Kier molecular flexibility index (Phi) is 8.13. The molecule has 3 aromatic rings. The minimum absolute atomic E-state index is 0.0302. The molecule has 5 rings (SSSR count). The highest BCUT2D eigenvalue weighted by molar-refractivity contribution is 6.12. The average Bonchev–Trinajstić information content (AvgIpc) is 3.40. The van der Waals surface area contributed by atoms with Crippen molar-refractivity contribution in [2.24, 2.45) is 0 Å². The highest BCUT2D eigenvalue weighted by Crippen LogP contribution is 2.27. The molecule has 1 aromatic heterocycles. The quantitative estimate of drug-likeness (QED) is 0.382. The van der Waals surface area contributed by atoms with Crippen LogP contribution in [0.15, 0.2) is 61.6 Å². The second-order valence-electron chi connectivity index (χ2n) is 9.94. The Labute approximate surface area is 225 Å². The van der Waals surface area contributed by atoms with Crippen LogP contribution in [0.4, 0.5) is 14.6 Å². The molecule has 1 fully saturated rings. The summed E-state index contributed by atoms with van der Waals surface area (Å²) in [6.07, 6.45) is 5.92. The molecule has 204 valence electrons. The van der Waals surface area contributed by atoms with Crippen LogP contribution in [0.3, 0.4) is 0 Å². The molecule has 1 saturated heterocycles. The first-order chi connectivity index (χ1) is 18.9. The van der Waals surface area contributed by atoms with E-state index in [-0.39, 0.29) is 35.4 Å². The van der Waals surface area contributed by atoms with Crippen LogP contribution in [0.1, 0.15) is 42.0 Å². The summed E-state index contributed by atoms with van der Waals surface area (Å²) in [6, 6.07) is 10.6. The Morgan fingerprint density at radius 1 is 1.08 bits per heavy atom. The van der Waals surface area contributed by atoms with E-state index in [9.17, 15) is 18.4 Å². The smallest absolute Gasteiger partial charge is 0.267 e. The third-order valence-corrected chi connectivity index (χ3v) is 7.23. The summed E-state index contributed by atoms with van der Waals surface area (Å²) in [7, 11) is 0. The van der Waals surface area contributed by atoms with Crippen LogP contribution in [0, 0.1) is 11.6 Å². The van der Waals surface area contributed by atoms with Crippen molar-refractivity contribution in [2.45, 2.75) is 50.2 Å². The molecule has 39 heavy (non-hydrogen) atoms. The number of nitrogens with zero attached hydrogens (tertiary/aromatic N) is 2. The normalized spacial score (nSPS) is 18.2. The van der Waals surface area contributed by atoms with Crippen LogP contribution in [0.5, 0.6) is 0 Å². The number of fused-ring (bicyclic) bond motifs is 1. The fourth-order valence-electron chi connectivity index (χ4n) is 5.09. The van der Waals surface area contributed by atoms with Crippen LogP contribution in [0.25, 0.3) is 5.70 Å². The zero-order chi connectivity index (χ0) is 27.4. The van der Waals surface area contributed by atoms with Crippen molar-refractivity contribution in [1.29, 1.82) is 0 Å². The lowest BCUT2D eigenvalue weighted by molar-refractivity contribution is -0.118. The molecular formula is C29H31F2N5O3. The number of anilines is 1. The van der Waals surface area contributed by atoms with E-state index in [1.165, 1.54) is 23.2 Å². The Bertz CT molecular complexity index is 1350. The van der Waals surface area contributed by atoms with E-state index in [4.69, 9.17) is 4.74 Å². The number of amides is 2. The maximum absolute atomic E-state index is 14.5. The van der Waals surface area contributed by atoms with E-state index in [1.54, 1.807) is 0 Å². The van der Waals surface area contributed by atoms with E-state index in [0.717, 1.165) is 24.5 Å². The van der Waals surface area contributed by atoms with Crippen molar-refractivity contribution < 1.29 is 23.1 Å². The standard InChI is InChI=1S/C29H31F2N5O3/c1-18(28(37)34-22-9-11-39-12-10-22)36-16-26(32-17-36)35-29(38)27(19-5-3-2-4-6-19)33-23-8-7-20-13-21(30)14-25(31)24(20)15-23/h2-6,13-14,16-17,22-23,27,33H,1,7-12,15H2,(H,34,37)(H,35,38)/t23?,27-/m0/s1. The van der Waals surface area contributed by atoms with Crippen molar-refractivity contribution in [2.75, 3.05) is 18.5 Å². The molecule has 0 spiro atoms. The molecule has 2 atom stereocenters. The second kappa shape index (κ2) is 11.9. The molecule has 1 unspecified atom stereocenters. The van der Waals surface area contributed by atoms with Crippen molar-refractivity contribution >= 4 is 23.3 Å². The Hall–Kier alpha value is -3.89. The molecule has 1 aliphatic carbocycles. The van der Waals surface area contributed by atoms with Crippen LogP contribution in [-0.4, -0.2) is 46.7 Å². The van der Waals surface area contributed by atoms with Gasteiger partial charge in [0.1, 0.15) is 29.7 Å². The Balaban J connectivity index is 1.26. The SMILES string of the molecule is C=C(C(=O)NC1CCOCC1)n1cnc(NC(=O)[C@@H](NC2CCc3cc(F)cc(F)c3C2)c2ccccc2)c1. The zero-order valence-corrected chi connectivity index (χ0v) is 21.5. The Morgan fingerprint density at radius 3 is 2.62 bits per heavy atom. The van der Waals surface area contributed by atoms with Gasteiger partial charge in [-0.15, -0.1) is 0 Å². The maximum Gasteiger partial charge on any atom is 0.267 e. The minimum Gasteiger partial charge on any atom is -0.381 e. The first kappa shape index (κ1) is 26.7. The summed E-state index contributed by atoms with van der Waals surface area (Å²) in [5.41, 5.74) is 2.06. The number of halogens is 2. The number of nitrogens with one attached hydrogen (secondary N) is 3. The molecule has 2 aromatic carbocycles. The van der Waals surface area contributed by atoms with E-state index in [0.29, 0.717) is 43.6 Å². The number of imidazole rings is 1. The van der Waals surface area contributed by atoms with Gasteiger partial charge in [0, 0.05) is 31.4 Å². The first-order valence-electron chi connectivity index (χ1n) is 13.1. The van der Waals surface area contributed by atoms with Gasteiger partial charge < -0.3 is 15.4 Å². The van der Waals surface area contributed by atoms with Gasteiger partial charge in [0.15, 0.2) is 5.82 Å². The number of hydrogen-bond acceptors (Lipinski definition) is 5. The number of carbonyl (C=O) groups is 2. The molecule has 0 radical (unpaired) electrons. The lowest BCUT2D eigenvalue weighted by Gasteiger charge is -2.30. The molecule has 1 aliphatic heterocycles. The lowest BCUT2D eigenvalue weighted by Crippen LogP contribution is -2.42. The van der Waals surface area contributed by atoms with Gasteiger partial charge in [0.05, 0.1) is 6.20 Å². The monoisotopic (exact) mass is 535 g/mol. The minimum atomic E-state index is -0.744. The highest BCUT2D eigenvalue weighted by Gasteiger charge is 2.29. The third-order valence-electron chi connectivity index (χ3n) is 7.23. The first-order valence-corrected chi connectivity index (χ1v) is 13.1. The zero-order valence-electron chi connectivity index (χ0n) is 21.5. The van der Waals surface area contributed by atoms with Crippen molar-refractivity contribution in [3.05, 3.63) is 89.9 Å². The topological polar surface area (TPSA) is 97.3 Å². The maximum atomic E-state index is 14.5. The number of rotatable bonds is 8. The summed E-state index contributed by atoms with van der Waals surface area (Å²) in [5, 5.41) is 9.14. The highest BCUT2D eigenvalue weighted by atomic mass is 19.1. The number of aryl methyl sites for hydroxylation is 1. The van der Waals surface area contributed by atoms with Gasteiger partial charge in [-0.2, -0.15) is 0 Å². The van der Waals surface area contributed by atoms with Crippen LogP contribution in [0.2, 0.25) is 0 Å². The Morgan fingerprint density at radius 2 is 1.85 bits per heavy atom. The molecule has 0 saturated carbocycles. The predicted octanol–water partition coefficient (Wildman–Crippen LogP) is 3.75. The molecule has 3 N–H and O–H groups in total. The second-order valence-corrected chi connectivity index (χ2v) is 9.94. The van der Waals surface area contributed by atoms with Crippen molar-refractivity contribution in [1.82, 2.24) is 20.2 Å². The molecule has 2 heterocycles. The number of aromatic nitrogens is 2. The van der Waals surface area contributed by atoms with E-state index in [1.807, 2.05) is 30.3 Å². The van der Waals surface area contributed by atoms with E-state index in [2.05, 4.69) is 27.5 Å². The number of carbonyl (C=O) groups excluding carboxylic acids is 2. The van der Waals surface area contributed by atoms with Crippen molar-refractivity contribution in [3.63, 3.8) is 0 Å². The summed E-state index contributed by atoms with van der Waals surface area (Å²) < 4.78 is 34.9. The van der Waals surface area contributed by atoms with E-state index < -0.39 is 17.7 Å². The summed E-state index contributed by atoms with van der Waals surface area (Å²) in [4.78, 5) is 30.3. The largest absolute Gasteiger partial charge is 0.381 e. The van der Waals surface area contributed by atoms with Crippen LogP contribution >= 0.6 is 0 Å². The number of benzene rings is 2. The van der Waals surface area contributed by atoms with Gasteiger partial charge in [0.2, 0.25) is 5.91 Å². The van der Waals surface area contributed by atoms with Gasteiger partial charge in [-0.05, 0) is 54.9 Å². The summed E-state index contributed by atoms with van der Waals surface area (Å²) in [6.45, 7) is 5.09. The molecular weight excluding hydrogens is 504 g/mol. The average molecular weight is 536 g/mol. The van der Waals surface area contributed by atoms with Gasteiger partial charge in [-0.3, -0.25) is 19.5 Å². The summed E-state index contributed by atoms with van der Waals surface area (Å²) in [5.74, 6) is -1.55. The molecule has 8 nitrogen and oxygen atoms in total. The number of ether oxygens (including phenoxy) is 1. The fourth-order valence-corrected chi connectivity index (χ4v) is 5.09.